The van der Waals surface area contributed by atoms with Gasteiger partial charge in [-0.2, -0.15) is 22.8 Å². The van der Waals surface area contributed by atoms with E-state index >= 15 is 0 Å². The van der Waals surface area contributed by atoms with Crippen LogP contribution < -0.4 is 15.5 Å². The van der Waals surface area contributed by atoms with Crippen LogP contribution in [0.2, 0.25) is 5.02 Å². The molecule has 1 saturated carbocycles. The molecule has 264 valence electrons. The number of alkyl halides is 3. The van der Waals surface area contributed by atoms with Gasteiger partial charge in [0.25, 0.3) is 5.91 Å². The number of carbonyl (C=O) groups is 2. The molecule has 3 aliphatic heterocycles. The van der Waals surface area contributed by atoms with E-state index in [1.165, 1.54) is 14.0 Å². The number of aliphatic hydroxyl groups excluding tert-OH is 1. The summed E-state index contributed by atoms with van der Waals surface area (Å²) in [5.41, 5.74) is 2.09. The van der Waals surface area contributed by atoms with Crippen LogP contribution in [0.5, 0.6) is 0 Å². The molecule has 1 aromatic heterocycles. The second-order valence-electron chi connectivity index (χ2n) is 13.2. The van der Waals surface area contributed by atoms with Crippen molar-refractivity contribution in [3.63, 3.8) is 0 Å². The number of halogens is 4. The van der Waals surface area contributed by atoms with E-state index in [1.54, 1.807) is 9.58 Å². The second-order valence-corrected chi connectivity index (χ2v) is 13.6. The monoisotopic (exact) mass is 712 g/mol. The van der Waals surface area contributed by atoms with Crippen LogP contribution >= 0.6 is 11.6 Å². The number of benzene rings is 1. The Labute approximate surface area is 290 Å². The quantitative estimate of drug-likeness (QED) is 0.174. The van der Waals surface area contributed by atoms with E-state index in [0.29, 0.717) is 63.0 Å². The van der Waals surface area contributed by atoms with Gasteiger partial charge in [-0.25, -0.2) is 0 Å². The maximum absolute atomic E-state index is 13.7. The third-order valence-electron chi connectivity index (χ3n) is 10.4. The van der Waals surface area contributed by atoms with Gasteiger partial charge in [-0.3, -0.25) is 9.59 Å². The number of allylic oxidation sites excluding steroid dienone is 4. The number of amides is 2. The molecule has 1 spiro atoms. The first-order valence-electron chi connectivity index (χ1n) is 16.3. The number of hydrogen-bond donors (Lipinski definition) is 4. The summed E-state index contributed by atoms with van der Waals surface area (Å²) >= 11 is 6.17. The van der Waals surface area contributed by atoms with Gasteiger partial charge in [-0.05, 0) is 62.3 Å². The topological polar surface area (TPSA) is 149 Å². The van der Waals surface area contributed by atoms with Crippen molar-refractivity contribution in [2.45, 2.75) is 38.8 Å². The maximum atomic E-state index is 13.7. The van der Waals surface area contributed by atoms with Crippen molar-refractivity contribution < 1.29 is 32.6 Å². The molecule has 2 aromatic rings. The van der Waals surface area contributed by atoms with Crippen LogP contribution in [-0.2, 0) is 20.5 Å². The molecule has 2 amide bonds. The van der Waals surface area contributed by atoms with E-state index in [0.717, 1.165) is 41.5 Å². The summed E-state index contributed by atoms with van der Waals surface area (Å²) in [4.78, 5) is 35.5. The number of anilines is 2. The zero-order chi connectivity index (χ0) is 35.7. The van der Waals surface area contributed by atoms with Crippen LogP contribution in [0.4, 0.5) is 24.8 Å². The highest BCUT2D eigenvalue weighted by molar-refractivity contribution is 6.33. The Balaban J connectivity index is 1.21. The van der Waals surface area contributed by atoms with E-state index in [4.69, 9.17) is 31.8 Å². The summed E-state index contributed by atoms with van der Waals surface area (Å²) in [7, 11) is 1.53. The summed E-state index contributed by atoms with van der Waals surface area (Å²) in [6.45, 7) is 7.45. The highest BCUT2D eigenvalue weighted by Crippen LogP contribution is 2.71. The molecule has 0 radical (unpaired) electrons. The van der Waals surface area contributed by atoms with E-state index in [1.807, 2.05) is 11.0 Å². The molecule has 0 bridgehead atoms. The lowest BCUT2D eigenvalue weighted by Gasteiger charge is -2.45. The first kappa shape index (κ1) is 33.8. The Hall–Kier alpha value is -4.63. The first-order valence-corrected chi connectivity index (χ1v) is 16.7. The van der Waals surface area contributed by atoms with Gasteiger partial charge < -0.3 is 35.7 Å². The molecule has 4 heterocycles. The van der Waals surface area contributed by atoms with Crippen LogP contribution in [0.25, 0.3) is 11.3 Å². The summed E-state index contributed by atoms with van der Waals surface area (Å²) in [6, 6.07) is 2.79. The van der Waals surface area contributed by atoms with Gasteiger partial charge >= 0.3 is 6.18 Å². The normalized spacial score (nSPS) is 22.8. The van der Waals surface area contributed by atoms with Crippen LogP contribution in [-0.4, -0.2) is 82.2 Å². The van der Waals surface area contributed by atoms with Gasteiger partial charge in [0, 0.05) is 42.7 Å². The van der Waals surface area contributed by atoms with Crippen molar-refractivity contribution >= 4 is 52.0 Å². The Morgan fingerprint density at radius 2 is 2.00 bits per heavy atom. The Bertz CT molecular complexity index is 1920. The van der Waals surface area contributed by atoms with Crippen LogP contribution in [0.15, 0.2) is 53.6 Å². The molecule has 4 N–H and O–H groups in total. The number of aromatic nitrogens is 3. The molecule has 50 heavy (non-hydrogen) atoms. The molecule has 16 heteroatoms. The fourth-order valence-corrected chi connectivity index (χ4v) is 8.16. The lowest BCUT2D eigenvalue weighted by atomic mass is 9.69. The van der Waals surface area contributed by atoms with Crippen LogP contribution in [0.3, 0.4) is 0 Å². The molecule has 2 aliphatic carbocycles. The van der Waals surface area contributed by atoms with Gasteiger partial charge in [0.1, 0.15) is 12.2 Å². The lowest BCUT2D eigenvalue weighted by molar-refractivity contribution is -0.137. The van der Waals surface area contributed by atoms with Crippen molar-refractivity contribution in [2.75, 3.05) is 50.1 Å². The molecule has 2 unspecified atom stereocenters. The third kappa shape index (κ3) is 5.56. The zero-order valence-corrected chi connectivity index (χ0v) is 28.2. The number of nitrogens with zero attached hydrogens (tertiary/aromatic N) is 5. The standard InChI is InChI=1S/C34H36ClF3N8O4/c1-17(39)29(48)27(40-3)31(49)44-10-8-33(9-11-44)22-15-21(22)28-26(33)18(2)46-32(42-30(43-46)19-6-12-50-13-7-19)45(28)16-25(47)41-24-5-4-20(14-23(24)35)34(36,37)38/h4-6,14,21-22,39-40,48H,2,7-13,15-16H2,1,3H3,(H,41,47)/b29-27+,39-17?. The third-order valence-corrected chi connectivity index (χ3v) is 10.7. The van der Waals surface area contributed by atoms with Crippen molar-refractivity contribution in [1.29, 1.82) is 5.41 Å². The van der Waals surface area contributed by atoms with E-state index < -0.39 is 23.4 Å². The summed E-state index contributed by atoms with van der Waals surface area (Å²) in [5, 5.41) is 28.2. The molecule has 1 saturated heterocycles. The number of aliphatic hydroxyl groups is 1. The van der Waals surface area contributed by atoms with Gasteiger partial charge in [0.2, 0.25) is 11.9 Å². The summed E-state index contributed by atoms with van der Waals surface area (Å²) in [5.74, 6) is -0.0134. The van der Waals surface area contributed by atoms with E-state index in [-0.39, 0.29) is 51.8 Å². The number of likely N-dealkylation sites (N-methyl/N-ethyl adjacent to an activating group) is 1. The number of nitrogens with one attached hydrogen (secondary N) is 3. The average molecular weight is 713 g/mol. The van der Waals surface area contributed by atoms with Gasteiger partial charge in [0.05, 0.1) is 40.9 Å². The lowest BCUT2D eigenvalue weighted by Crippen LogP contribution is -2.47. The number of hydrogen-bond acceptors (Lipinski definition) is 9. The van der Waals surface area contributed by atoms with Crippen molar-refractivity contribution in [3.05, 3.63) is 70.0 Å². The predicted octanol–water partition coefficient (Wildman–Crippen LogP) is 5.22. The molecule has 5 aliphatic rings. The fourth-order valence-electron chi connectivity index (χ4n) is 7.93. The first-order chi connectivity index (χ1) is 23.7. The Morgan fingerprint density at radius 3 is 2.62 bits per heavy atom. The highest BCUT2D eigenvalue weighted by atomic mass is 35.5. The largest absolute Gasteiger partial charge is 0.504 e. The Kier molecular flexibility index (Phi) is 8.33. The van der Waals surface area contributed by atoms with Gasteiger partial charge in [0.15, 0.2) is 11.6 Å². The SMILES string of the molecule is C=C1C2=C(C3CC3C23CCN(C(=O)/C(NC)=C(\O)C(C)=N)CC3)N(CC(=O)Nc2ccc(C(F)(F)F)cc2Cl)c2nc(C3=CCOCC3)nn21. The van der Waals surface area contributed by atoms with E-state index in [9.17, 15) is 27.9 Å². The molecule has 12 nitrogen and oxygen atoms in total. The van der Waals surface area contributed by atoms with Crippen LogP contribution in [0.1, 0.15) is 44.0 Å². The number of ether oxygens (including phenoxy) is 1. The van der Waals surface area contributed by atoms with Crippen molar-refractivity contribution in [3.8, 4) is 0 Å². The molecule has 2 fully saturated rings. The smallest absolute Gasteiger partial charge is 0.416 e. The van der Waals surface area contributed by atoms with Crippen molar-refractivity contribution in [1.82, 2.24) is 25.0 Å². The minimum atomic E-state index is -4.58. The number of fused-ring (bicyclic) bond motifs is 5. The molecule has 1 aromatic carbocycles. The predicted molar refractivity (Wildman–Crippen MR) is 180 cm³/mol. The molecular formula is C34H36ClF3N8O4. The molecule has 7 rings (SSSR count). The molecule has 2 atom stereocenters. The second kappa shape index (κ2) is 12.3. The number of rotatable bonds is 7. The van der Waals surface area contributed by atoms with Crippen molar-refractivity contribution in [2.24, 2.45) is 17.3 Å². The summed E-state index contributed by atoms with van der Waals surface area (Å²) in [6.07, 6.45) is 0.0593. The minimum Gasteiger partial charge on any atom is -0.504 e. The van der Waals surface area contributed by atoms with Crippen LogP contribution in [0, 0.1) is 22.7 Å². The van der Waals surface area contributed by atoms with Gasteiger partial charge in [-0.1, -0.05) is 24.3 Å². The minimum absolute atomic E-state index is 0.0290. The fraction of sp³-hybridized carbons (Fsp3) is 0.441. The maximum Gasteiger partial charge on any atom is 0.416 e. The number of likely N-dealkylation sites (tertiary alicyclic amines) is 1. The number of piperidine rings is 1. The van der Waals surface area contributed by atoms with E-state index in [2.05, 4.69) is 17.2 Å². The molecular weight excluding hydrogens is 677 g/mol. The summed E-state index contributed by atoms with van der Waals surface area (Å²) < 4.78 is 46.9. The number of carbonyl (C=O) groups excluding carboxylic acids is 2. The average Bonchev–Trinajstić information content (AvgIpc) is 3.68. The van der Waals surface area contributed by atoms with Gasteiger partial charge in [-0.15, -0.1) is 5.10 Å². The zero-order valence-electron chi connectivity index (χ0n) is 27.5. The Morgan fingerprint density at radius 1 is 1.26 bits per heavy atom. The highest BCUT2D eigenvalue weighted by Gasteiger charge is 2.66.